The van der Waals surface area contributed by atoms with Gasteiger partial charge in [-0.05, 0) is 99.6 Å². The number of hydrogen-bond acceptors (Lipinski definition) is 7. The number of anilines is 1. The molecule has 1 unspecified atom stereocenters. The summed E-state index contributed by atoms with van der Waals surface area (Å²) in [6, 6.07) is 7.73. The summed E-state index contributed by atoms with van der Waals surface area (Å²) in [5.41, 5.74) is -0.915. The Hall–Kier alpha value is -4.47. The van der Waals surface area contributed by atoms with E-state index in [1.54, 1.807) is 24.3 Å². The monoisotopic (exact) mass is 881 g/mol. The molecule has 2 aliphatic carbocycles. The van der Waals surface area contributed by atoms with Gasteiger partial charge < -0.3 is 10.0 Å². The lowest BCUT2D eigenvalue weighted by Crippen LogP contribution is -2.35. The van der Waals surface area contributed by atoms with Gasteiger partial charge in [-0.15, -0.1) is 11.8 Å². The van der Waals surface area contributed by atoms with Crippen molar-refractivity contribution in [2.75, 3.05) is 11.0 Å². The summed E-state index contributed by atoms with van der Waals surface area (Å²) in [5, 5.41) is 11.7. The van der Waals surface area contributed by atoms with E-state index in [4.69, 9.17) is 16.6 Å². The van der Waals surface area contributed by atoms with E-state index in [2.05, 4.69) is 32.1 Å². The van der Waals surface area contributed by atoms with Gasteiger partial charge in [0.15, 0.2) is 5.82 Å². The summed E-state index contributed by atoms with van der Waals surface area (Å²) in [5.74, 6) is 0.0338. The molecular formula is C40H36ClF8N7OS2. The van der Waals surface area contributed by atoms with E-state index < -0.39 is 78.0 Å². The number of amides is 1. The van der Waals surface area contributed by atoms with Crippen molar-refractivity contribution < 1.29 is 39.9 Å². The molecule has 3 aromatic heterocycles. The van der Waals surface area contributed by atoms with Crippen molar-refractivity contribution in [2.24, 2.45) is 0 Å². The average Bonchev–Trinajstić information content (AvgIpc) is 3.70. The third-order valence-corrected chi connectivity index (χ3v) is 12.4. The van der Waals surface area contributed by atoms with E-state index in [1.165, 1.54) is 23.7 Å². The second-order valence-electron chi connectivity index (χ2n) is 14.7. The van der Waals surface area contributed by atoms with Crippen LogP contribution in [0.2, 0.25) is 5.02 Å². The number of aromatic nitrogens is 5. The molecular weight excluding hydrogens is 846 g/mol. The van der Waals surface area contributed by atoms with Gasteiger partial charge in [-0.1, -0.05) is 23.6 Å². The second-order valence-corrected chi connectivity index (χ2v) is 17.7. The van der Waals surface area contributed by atoms with Gasteiger partial charge in [-0.25, -0.2) is 31.3 Å². The summed E-state index contributed by atoms with van der Waals surface area (Å²) in [6.07, 6.45) is -3.64. The molecule has 0 saturated heterocycles. The lowest BCUT2D eigenvalue weighted by Gasteiger charge is -2.23. The maximum atomic E-state index is 15.0. The van der Waals surface area contributed by atoms with Crippen LogP contribution in [0.25, 0.3) is 22.0 Å². The highest BCUT2D eigenvalue weighted by atomic mass is 35.5. The number of nitrogens with zero attached hydrogens (tertiary/aromatic N) is 5. The van der Waals surface area contributed by atoms with Crippen LogP contribution < -0.4 is 10.0 Å². The fraction of sp³-hybridized carbons (Fsp3) is 0.400. The van der Waals surface area contributed by atoms with Crippen LogP contribution in [-0.4, -0.2) is 53.1 Å². The van der Waals surface area contributed by atoms with Crippen molar-refractivity contribution in [3.8, 4) is 23.0 Å². The molecule has 1 atom stereocenters. The molecule has 1 fully saturated rings. The summed E-state index contributed by atoms with van der Waals surface area (Å²) in [7, 11) is 0. The molecule has 3 heterocycles. The number of rotatable bonds is 14. The van der Waals surface area contributed by atoms with Crippen molar-refractivity contribution in [1.29, 1.82) is 0 Å². The van der Waals surface area contributed by atoms with Gasteiger partial charge in [-0.3, -0.25) is 14.2 Å². The van der Waals surface area contributed by atoms with Gasteiger partial charge >= 0.3 is 0 Å². The number of halogens is 9. The zero-order chi connectivity index (χ0) is 42.4. The summed E-state index contributed by atoms with van der Waals surface area (Å²) in [4.78, 5) is 18.8. The number of carbonyl (C=O) groups is 1. The normalized spacial score (nSPS) is 15.4. The second kappa shape index (κ2) is 16.9. The minimum atomic E-state index is -3.54. The van der Waals surface area contributed by atoms with E-state index in [1.807, 2.05) is 20.1 Å². The fourth-order valence-electron chi connectivity index (χ4n) is 6.88. The molecule has 5 aromatic rings. The van der Waals surface area contributed by atoms with Crippen LogP contribution in [0.3, 0.4) is 0 Å². The zero-order valence-corrected chi connectivity index (χ0v) is 34.1. The van der Waals surface area contributed by atoms with Gasteiger partial charge in [0.1, 0.15) is 41.8 Å². The Kier molecular flexibility index (Phi) is 12.2. The number of hydrogen-bond donors (Lipinski definition) is 2. The maximum Gasteiger partial charge on any atom is 0.290 e. The molecule has 312 valence electrons. The molecule has 2 aliphatic rings. The molecule has 19 heteroatoms. The first kappa shape index (κ1) is 42.6. The minimum Gasteiger partial charge on any atom is -0.346 e. The third kappa shape index (κ3) is 9.47. The standard InChI is InChI=1S/C40H36ClF8N7OS2/c1-39(2,58-3)12-10-23-4-7-25(26-8-9-28(41)32-35(26)55(18-30(44)45)53-38(32)54-59-24-5-6-24)33(50-23)29(16-20-14-21(42)17-22(43)15-20)51-31(57)19-56-36-27(11-13-40(36,48)49)34(52-56)37(46)47/h4,7-9,14-15,17,24,29-30,37H,5-6,11,13,16,18-19H2,1-3H3,(H,51,57)(H,53,54). The number of alkyl halides is 6. The fourth-order valence-corrected chi connectivity index (χ4v) is 8.07. The van der Waals surface area contributed by atoms with Crippen molar-refractivity contribution in [2.45, 2.75) is 93.9 Å². The number of nitrogens with one attached hydrogen (secondary N) is 2. The average molecular weight is 882 g/mol. The molecule has 2 aromatic carbocycles. The Labute approximate surface area is 347 Å². The number of fused-ring (bicyclic) bond motifs is 2. The first-order chi connectivity index (χ1) is 27.9. The van der Waals surface area contributed by atoms with Crippen LogP contribution in [0, 0.1) is 23.5 Å². The number of thioether (sulfide) groups is 1. The van der Waals surface area contributed by atoms with Crippen LogP contribution in [0.4, 0.5) is 40.9 Å². The van der Waals surface area contributed by atoms with Crippen molar-refractivity contribution >= 4 is 57.9 Å². The highest BCUT2D eigenvalue weighted by molar-refractivity contribution is 8.01. The maximum absolute atomic E-state index is 15.0. The number of benzene rings is 2. The van der Waals surface area contributed by atoms with Gasteiger partial charge in [0.05, 0.1) is 32.4 Å². The number of carbonyl (C=O) groups excluding carboxylic acids is 1. The van der Waals surface area contributed by atoms with Gasteiger partial charge in [0.25, 0.3) is 18.8 Å². The molecule has 59 heavy (non-hydrogen) atoms. The first-order valence-corrected chi connectivity index (χ1v) is 20.9. The summed E-state index contributed by atoms with van der Waals surface area (Å²) >= 11 is 9.59. The van der Waals surface area contributed by atoms with E-state index in [-0.39, 0.29) is 57.3 Å². The Bertz CT molecular complexity index is 2460. The third-order valence-electron chi connectivity index (χ3n) is 9.86. The van der Waals surface area contributed by atoms with Crippen LogP contribution >= 0.6 is 35.3 Å². The molecule has 1 amide bonds. The molecule has 1 saturated carbocycles. The molecule has 0 spiro atoms. The zero-order valence-electron chi connectivity index (χ0n) is 31.7. The molecule has 2 N–H and O–H groups in total. The van der Waals surface area contributed by atoms with Crippen LogP contribution in [-0.2, 0) is 36.6 Å². The van der Waals surface area contributed by atoms with E-state index >= 15 is 8.78 Å². The Balaban J connectivity index is 1.40. The van der Waals surface area contributed by atoms with E-state index in [0.29, 0.717) is 26.9 Å². The highest BCUT2D eigenvalue weighted by Crippen LogP contribution is 2.45. The molecule has 0 radical (unpaired) electrons. The molecule has 0 aliphatic heterocycles. The Morgan fingerprint density at radius 2 is 1.73 bits per heavy atom. The quantitative estimate of drug-likeness (QED) is 0.0652. The van der Waals surface area contributed by atoms with Gasteiger partial charge in [0, 0.05) is 34.4 Å². The molecule has 7 rings (SSSR count). The number of pyridine rings is 1. The van der Waals surface area contributed by atoms with Crippen molar-refractivity contribution in [3.63, 3.8) is 0 Å². The van der Waals surface area contributed by atoms with Crippen molar-refractivity contribution in [1.82, 2.24) is 29.9 Å². The van der Waals surface area contributed by atoms with Crippen LogP contribution in [0.1, 0.15) is 79.5 Å². The predicted molar refractivity (Wildman–Crippen MR) is 213 cm³/mol. The Morgan fingerprint density at radius 1 is 1.02 bits per heavy atom. The van der Waals surface area contributed by atoms with Gasteiger partial charge in [-0.2, -0.15) is 19.0 Å². The van der Waals surface area contributed by atoms with Crippen LogP contribution in [0.15, 0.2) is 42.5 Å². The minimum absolute atomic E-state index is 0.0522. The van der Waals surface area contributed by atoms with Crippen molar-refractivity contribution in [3.05, 3.63) is 93.0 Å². The summed E-state index contributed by atoms with van der Waals surface area (Å²) in [6.45, 7) is 2.03. The smallest absolute Gasteiger partial charge is 0.290 e. The van der Waals surface area contributed by atoms with E-state index in [0.717, 1.165) is 29.7 Å². The summed E-state index contributed by atoms with van der Waals surface area (Å²) < 4.78 is 120. The molecule has 0 bridgehead atoms. The highest BCUT2D eigenvalue weighted by Gasteiger charge is 2.46. The predicted octanol–water partition coefficient (Wildman–Crippen LogP) is 10.3. The SMILES string of the molecule is CSC(C)(C)C#Cc1ccc(-c2ccc(Cl)c3c(NSC4CC4)nn(CC(F)F)c23)c(C(Cc2cc(F)cc(F)c2)NC(=O)Cn2nc(C(F)F)c3c2C(F)(F)CC3)n1. The van der Waals surface area contributed by atoms with E-state index in [9.17, 15) is 31.1 Å². The largest absolute Gasteiger partial charge is 0.346 e. The lowest BCUT2D eigenvalue weighted by molar-refractivity contribution is -0.122. The molecule has 8 nitrogen and oxygen atoms in total. The van der Waals surface area contributed by atoms with Crippen LogP contribution in [0.5, 0.6) is 0 Å². The first-order valence-electron chi connectivity index (χ1n) is 18.4. The lowest BCUT2D eigenvalue weighted by atomic mass is 9.93. The topological polar surface area (TPSA) is 89.7 Å². The van der Waals surface area contributed by atoms with Gasteiger partial charge in [0.2, 0.25) is 5.91 Å². The Morgan fingerprint density at radius 3 is 2.39 bits per heavy atom.